The Hall–Kier alpha value is -2.88. The number of nitrogens with zero attached hydrogens (tertiary/aromatic N) is 4. The molecule has 0 radical (unpaired) electrons. The third-order valence-electron chi connectivity index (χ3n) is 5.82. The lowest BCUT2D eigenvalue weighted by Crippen LogP contribution is -2.38. The second kappa shape index (κ2) is 13.1. The number of amides is 1. The Balaban J connectivity index is 0.00000324. The van der Waals surface area contributed by atoms with Crippen LogP contribution >= 0.6 is 24.0 Å². The van der Waals surface area contributed by atoms with Crippen molar-refractivity contribution < 1.29 is 4.79 Å². The number of aliphatic imine (C=N–C) groups is 1. The van der Waals surface area contributed by atoms with E-state index in [0.29, 0.717) is 19.5 Å². The van der Waals surface area contributed by atoms with Crippen LogP contribution in [0.25, 0.3) is 0 Å². The summed E-state index contributed by atoms with van der Waals surface area (Å²) in [7, 11) is 0. The number of hydrogen-bond acceptors (Lipinski definition) is 3. The van der Waals surface area contributed by atoms with Gasteiger partial charge in [-0.25, -0.2) is 4.99 Å². The predicted octanol–water partition coefficient (Wildman–Crippen LogP) is 3.93. The van der Waals surface area contributed by atoms with Crippen molar-refractivity contribution in [1.82, 2.24) is 25.3 Å². The van der Waals surface area contributed by atoms with Gasteiger partial charge in [0, 0.05) is 45.0 Å². The van der Waals surface area contributed by atoms with Gasteiger partial charge >= 0.3 is 0 Å². The molecule has 34 heavy (non-hydrogen) atoms. The third-order valence-corrected chi connectivity index (χ3v) is 5.82. The molecule has 7 nitrogen and oxygen atoms in total. The standard InChI is InChI=1S/C26H32N6O.HI/c1-2-27-26(29-17-21-9-3-4-12-24(21)20-32-16-8-15-30-32)28-14-7-13-25(33)31-18-22-10-5-6-11-23(22)19-31;/h3-6,8-12,15-16H,2,7,13-14,17-20H2,1H3,(H2,27,28,29);1H. The SMILES string of the molecule is CCNC(=NCc1ccccc1Cn1cccn1)NCCCC(=O)N1Cc2ccccc2C1.I. The van der Waals surface area contributed by atoms with Gasteiger partial charge < -0.3 is 15.5 Å². The number of benzene rings is 2. The lowest BCUT2D eigenvalue weighted by molar-refractivity contribution is -0.131. The average molecular weight is 572 g/mol. The van der Waals surface area contributed by atoms with Gasteiger partial charge in [0.05, 0.1) is 13.1 Å². The van der Waals surface area contributed by atoms with E-state index in [-0.39, 0.29) is 29.9 Å². The van der Waals surface area contributed by atoms with Crippen LogP contribution in [0.15, 0.2) is 72.0 Å². The predicted molar refractivity (Wildman–Crippen MR) is 146 cm³/mol. The fourth-order valence-corrected chi connectivity index (χ4v) is 4.05. The van der Waals surface area contributed by atoms with Crippen LogP contribution < -0.4 is 10.6 Å². The molecule has 1 aromatic heterocycles. The molecule has 1 amide bonds. The first kappa shape index (κ1) is 25.7. The maximum Gasteiger partial charge on any atom is 0.223 e. The van der Waals surface area contributed by atoms with E-state index in [1.165, 1.54) is 22.3 Å². The van der Waals surface area contributed by atoms with Crippen LogP contribution in [-0.2, 0) is 31.0 Å². The summed E-state index contributed by atoms with van der Waals surface area (Å²) in [4.78, 5) is 19.3. The van der Waals surface area contributed by atoms with Gasteiger partial charge in [0.1, 0.15) is 0 Å². The first-order valence-corrected chi connectivity index (χ1v) is 11.6. The summed E-state index contributed by atoms with van der Waals surface area (Å²) in [5.74, 6) is 0.981. The second-order valence-electron chi connectivity index (χ2n) is 8.22. The molecule has 0 saturated heterocycles. The zero-order chi connectivity index (χ0) is 22.9. The number of fused-ring (bicyclic) bond motifs is 1. The van der Waals surface area contributed by atoms with E-state index in [1.54, 1.807) is 6.20 Å². The van der Waals surface area contributed by atoms with E-state index in [4.69, 9.17) is 4.99 Å². The third kappa shape index (κ3) is 7.06. The number of guanidine groups is 1. The van der Waals surface area contributed by atoms with Crippen molar-refractivity contribution in [3.63, 3.8) is 0 Å². The molecule has 0 saturated carbocycles. The molecular formula is C26H33IN6O. The van der Waals surface area contributed by atoms with E-state index >= 15 is 0 Å². The highest BCUT2D eigenvalue weighted by atomic mass is 127. The number of aromatic nitrogens is 2. The summed E-state index contributed by atoms with van der Waals surface area (Å²) in [6, 6.07) is 18.5. The molecule has 8 heteroatoms. The maximum absolute atomic E-state index is 12.6. The fourth-order valence-electron chi connectivity index (χ4n) is 4.05. The van der Waals surface area contributed by atoms with Gasteiger partial charge in [-0.2, -0.15) is 5.10 Å². The molecule has 1 aliphatic rings. The highest BCUT2D eigenvalue weighted by Gasteiger charge is 2.22. The van der Waals surface area contributed by atoms with Crippen LogP contribution in [0.5, 0.6) is 0 Å². The van der Waals surface area contributed by atoms with E-state index < -0.39 is 0 Å². The Kier molecular flexibility index (Phi) is 9.93. The van der Waals surface area contributed by atoms with Crippen LogP contribution in [0.3, 0.4) is 0 Å². The van der Waals surface area contributed by atoms with E-state index in [9.17, 15) is 4.79 Å². The molecule has 0 aliphatic carbocycles. The van der Waals surface area contributed by atoms with Crippen molar-refractivity contribution >= 4 is 35.8 Å². The molecule has 4 rings (SSSR count). The highest BCUT2D eigenvalue weighted by molar-refractivity contribution is 14.0. The quantitative estimate of drug-likeness (QED) is 0.177. The van der Waals surface area contributed by atoms with Crippen molar-refractivity contribution in [3.05, 3.63) is 89.2 Å². The highest BCUT2D eigenvalue weighted by Crippen LogP contribution is 2.22. The number of halogens is 1. The normalized spacial score (nSPS) is 12.7. The van der Waals surface area contributed by atoms with Gasteiger partial charge in [-0.15, -0.1) is 24.0 Å². The smallest absolute Gasteiger partial charge is 0.223 e. The Bertz CT molecular complexity index is 1060. The van der Waals surface area contributed by atoms with Crippen LogP contribution in [0.2, 0.25) is 0 Å². The molecule has 2 heterocycles. The molecule has 0 bridgehead atoms. The van der Waals surface area contributed by atoms with Crippen LogP contribution in [0, 0.1) is 0 Å². The number of nitrogens with one attached hydrogen (secondary N) is 2. The van der Waals surface area contributed by atoms with Crippen LogP contribution in [0.1, 0.15) is 42.0 Å². The summed E-state index contributed by atoms with van der Waals surface area (Å²) in [6.07, 6.45) is 5.06. The summed E-state index contributed by atoms with van der Waals surface area (Å²) in [6.45, 7) is 6.30. The minimum Gasteiger partial charge on any atom is -0.357 e. The minimum absolute atomic E-state index is 0. The van der Waals surface area contributed by atoms with Crippen molar-refractivity contribution in [3.8, 4) is 0 Å². The molecule has 3 aromatic rings. The average Bonchev–Trinajstić information content (AvgIpc) is 3.50. The maximum atomic E-state index is 12.6. The van der Waals surface area contributed by atoms with Gasteiger partial charge in [-0.3, -0.25) is 9.48 Å². The topological polar surface area (TPSA) is 74.5 Å². The number of rotatable bonds is 9. The van der Waals surface area contributed by atoms with Crippen molar-refractivity contribution in [1.29, 1.82) is 0 Å². The molecule has 1 aliphatic heterocycles. The lowest BCUT2D eigenvalue weighted by Gasteiger charge is -2.16. The molecule has 2 N–H and O–H groups in total. The Labute approximate surface area is 218 Å². The first-order valence-electron chi connectivity index (χ1n) is 11.6. The van der Waals surface area contributed by atoms with Crippen molar-refractivity contribution in [2.45, 2.75) is 45.9 Å². The number of hydrogen-bond donors (Lipinski definition) is 2. The van der Waals surface area contributed by atoms with Gasteiger partial charge in [0.15, 0.2) is 5.96 Å². The zero-order valence-corrected chi connectivity index (χ0v) is 21.9. The summed E-state index contributed by atoms with van der Waals surface area (Å²) in [5, 5.41) is 11.0. The monoisotopic (exact) mass is 572 g/mol. The van der Waals surface area contributed by atoms with Gasteiger partial charge in [0.25, 0.3) is 0 Å². The largest absolute Gasteiger partial charge is 0.357 e. The van der Waals surface area contributed by atoms with Gasteiger partial charge in [0.2, 0.25) is 5.91 Å². The Morgan fingerprint density at radius 2 is 1.71 bits per heavy atom. The van der Waals surface area contributed by atoms with Crippen molar-refractivity contribution in [2.24, 2.45) is 4.99 Å². The summed E-state index contributed by atoms with van der Waals surface area (Å²) in [5.41, 5.74) is 4.91. The van der Waals surface area contributed by atoms with Crippen LogP contribution in [0.4, 0.5) is 0 Å². The molecule has 180 valence electrons. The number of carbonyl (C=O) groups excluding carboxylic acids is 1. The van der Waals surface area contributed by atoms with Crippen molar-refractivity contribution in [2.75, 3.05) is 13.1 Å². The summed E-state index contributed by atoms with van der Waals surface area (Å²) < 4.78 is 1.92. The van der Waals surface area contributed by atoms with Gasteiger partial charge in [-0.05, 0) is 41.7 Å². The van der Waals surface area contributed by atoms with Gasteiger partial charge in [-0.1, -0.05) is 48.5 Å². The zero-order valence-electron chi connectivity index (χ0n) is 19.6. The molecule has 2 aromatic carbocycles. The molecule has 0 spiro atoms. The van der Waals surface area contributed by atoms with Crippen LogP contribution in [-0.4, -0.2) is 39.6 Å². The first-order chi connectivity index (χ1) is 16.2. The Morgan fingerprint density at radius 1 is 1.00 bits per heavy atom. The second-order valence-corrected chi connectivity index (χ2v) is 8.22. The lowest BCUT2D eigenvalue weighted by atomic mass is 10.1. The van der Waals surface area contributed by atoms with E-state index in [2.05, 4.69) is 46.9 Å². The van der Waals surface area contributed by atoms with E-state index in [0.717, 1.165) is 38.6 Å². The minimum atomic E-state index is 0. The molecule has 0 atom stereocenters. The molecular weight excluding hydrogens is 539 g/mol. The molecule has 0 fully saturated rings. The molecule has 0 unspecified atom stereocenters. The summed E-state index contributed by atoms with van der Waals surface area (Å²) >= 11 is 0. The fraction of sp³-hybridized carbons (Fsp3) is 0.346. The number of carbonyl (C=O) groups is 1. The van der Waals surface area contributed by atoms with E-state index in [1.807, 2.05) is 46.1 Å². The Morgan fingerprint density at radius 3 is 2.38 bits per heavy atom.